The van der Waals surface area contributed by atoms with Crippen LogP contribution in [-0.2, 0) is 10.3 Å². The van der Waals surface area contributed by atoms with Crippen molar-refractivity contribution in [3.8, 4) is 0 Å². The normalized spacial score (nSPS) is 16.2. The monoisotopic (exact) mass is 358 g/mol. The zero-order valence-electron chi connectivity index (χ0n) is 13.6. The van der Waals surface area contributed by atoms with Crippen LogP contribution in [0.2, 0.25) is 0 Å². The lowest BCUT2D eigenvalue weighted by Crippen LogP contribution is -2.52. The number of aromatic nitrogens is 4. The predicted octanol–water partition coefficient (Wildman–Crippen LogP) is 1.97. The van der Waals surface area contributed by atoms with E-state index in [2.05, 4.69) is 25.7 Å². The Balaban J connectivity index is 0.00000182. The van der Waals surface area contributed by atoms with Crippen LogP contribution in [0.4, 0.5) is 5.69 Å². The second-order valence-corrected chi connectivity index (χ2v) is 5.95. The Morgan fingerprint density at radius 3 is 2.60 bits per heavy atom. The third kappa shape index (κ3) is 3.20. The third-order valence-corrected chi connectivity index (χ3v) is 4.52. The molecule has 25 heavy (non-hydrogen) atoms. The van der Waals surface area contributed by atoms with Crippen molar-refractivity contribution in [2.24, 2.45) is 0 Å². The molecule has 0 saturated carbocycles. The fraction of sp³-hybridized carbons (Fsp3) is 0.294. The first kappa shape index (κ1) is 17.3. The summed E-state index contributed by atoms with van der Waals surface area (Å²) in [6.45, 7) is 1.58. The summed E-state index contributed by atoms with van der Waals surface area (Å²) in [5.41, 5.74) is 1.62. The molecule has 8 heteroatoms. The minimum absolute atomic E-state index is 0. The fourth-order valence-corrected chi connectivity index (χ4v) is 3.21. The molecule has 0 radical (unpaired) electrons. The van der Waals surface area contributed by atoms with Crippen LogP contribution in [0.1, 0.15) is 12.8 Å². The minimum atomic E-state index is -0.661. The molecule has 0 atom stereocenters. The number of carbonyl (C=O) groups is 1. The number of anilines is 1. The Morgan fingerprint density at radius 1 is 1.12 bits per heavy atom. The summed E-state index contributed by atoms with van der Waals surface area (Å²) >= 11 is 0. The van der Waals surface area contributed by atoms with E-state index in [9.17, 15) is 4.79 Å². The van der Waals surface area contributed by atoms with Crippen molar-refractivity contribution in [3.05, 3.63) is 49.1 Å². The molecule has 130 valence electrons. The lowest BCUT2D eigenvalue weighted by Gasteiger charge is -2.36. The summed E-state index contributed by atoms with van der Waals surface area (Å²) in [7, 11) is 0. The lowest BCUT2D eigenvalue weighted by molar-refractivity contribution is -0.126. The number of fused-ring (bicyclic) bond motifs is 1. The number of amides is 1. The Labute approximate surface area is 151 Å². The van der Waals surface area contributed by atoms with E-state index < -0.39 is 5.54 Å². The van der Waals surface area contributed by atoms with E-state index in [0.717, 1.165) is 29.8 Å². The van der Waals surface area contributed by atoms with Crippen molar-refractivity contribution in [3.63, 3.8) is 0 Å². The van der Waals surface area contributed by atoms with Crippen molar-refractivity contribution in [1.29, 1.82) is 0 Å². The van der Waals surface area contributed by atoms with Gasteiger partial charge in [0.05, 0.1) is 11.0 Å². The molecule has 7 nitrogen and oxygen atoms in total. The molecule has 0 unspecified atom stereocenters. The van der Waals surface area contributed by atoms with Gasteiger partial charge in [-0.2, -0.15) is 5.10 Å². The van der Waals surface area contributed by atoms with E-state index in [4.69, 9.17) is 0 Å². The third-order valence-electron chi connectivity index (χ3n) is 4.52. The molecule has 1 aliphatic rings. The van der Waals surface area contributed by atoms with Crippen LogP contribution in [0.3, 0.4) is 0 Å². The summed E-state index contributed by atoms with van der Waals surface area (Å²) in [6, 6.07) is 7.41. The zero-order chi connectivity index (χ0) is 16.4. The largest absolute Gasteiger partial charge is 0.324 e. The maximum atomic E-state index is 13.1. The smallest absolute Gasteiger partial charge is 0.252 e. The van der Waals surface area contributed by atoms with Gasteiger partial charge >= 0.3 is 0 Å². The van der Waals surface area contributed by atoms with Crippen LogP contribution in [0, 0.1) is 0 Å². The summed E-state index contributed by atoms with van der Waals surface area (Å²) < 4.78 is 1.78. The van der Waals surface area contributed by atoms with Crippen molar-refractivity contribution in [1.82, 2.24) is 25.1 Å². The predicted molar refractivity (Wildman–Crippen MR) is 97.7 cm³/mol. The topological polar surface area (TPSA) is 84.7 Å². The van der Waals surface area contributed by atoms with Crippen LogP contribution in [-0.4, -0.2) is 38.7 Å². The van der Waals surface area contributed by atoms with Gasteiger partial charge in [0, 0.05) is 30.5 Å². The summed E-state index contributed by atoms with van der Waals surface area (Å²) in [4.78, 5) is 21.6. The quantitative estimate of drug-likeness (QED) is 0.747. The van der Waals surface area contributed by atoms with Crippen molar-refractivity contribution in [2.45, 2.75) is 18.4 Å². The van der Waals surface area contributed by atoms with E-state index in [0.29, 0.717) is 12.8 Å². The van der Waals surface area contributed by atoms with Gasteiger partial charge in [-0.3, -0.25) is 19.4 Å². The van der Waals surface area contributed by atoms with Gasteiger partial charge in [0.1, 0.15) is 5.54 Å². The molecule has 3 heterocycles. The molecule has 1 saturated heterocycles. The van der Waals surface area contributed by atoms with Gasteiger partial charge < -0.3 is 10.6 Å². The Bertz CT molecular complexity index is 860. The first-order valence-corrected chi connectivity index (χ1v) is 8.01. The number of piperidine rings is 1. The average Bonchev–Trinajstić information content (AvgIpc) is 3.17. The van der Waals surface area contributed by atoms with Gasteiger partial charge in [0.25, 0.3) is 5.91 Å². The zero-order valence-corrected chi connectivity index (χ0v) is 14.4. The minimum Gasteiger partial charge on any atom is -0.324 e. The number of nitrogens with one attached hydrogen (secondary N) is 2. The highest BCUT2D eigenvalue weighted by Gasteiger charge is 2.42. The first-order chi connectivity index (χ1) is 11.8. The maximum absolute atomic E-state index is 13.1. The standard InChI is InChI=1S/C17H18N6O.ClH/c24-16(17(4-7-18-8-5-17)23-11-1-6-21-23)22-13-2-3-14-15(12-13)20-10-9-19-14;/h1-3,6,9-12,18H,4-5,7-8H2,(H,22,24);1H. The number of benzene rings is 1. The van der Waals surface area contributed by atoms with Gasteiger partial charge in [0.2, 0.25) is 0 Å². The van der Waals surface area contributed by atoms with Crippen molar-refractivity contribution >= 4 is 35.0 Å². The Hall–Kier alpha value is -2.51. The molecule has 2 aromatic heterocycles. The molecule has 3 aromatic rings. The highest BCUT2D eigenvalue weighted by atomic mass is 35.5. The Kier molecular flexibility index (Phi) is 4.96. The molecule has 0 bridgehead atoms. The average molecular weight is 359 g/mol. The number of carbonyl (C=O) groups excluding carboxylic acids is 1. The van der Waals surface area contributed by atoms with E-state index in [1.807, 2.05) is 30.5 Å². The molecule has 0 aliphatic carbocycles. The molecule has 1 aliphatic heterocycles. The van der Waals surface area contributed by atoms with Crippen LogP contribution >= 0.6 is 12.4 Å². The first-order valence-electron chi connectivity index (χ1n) is 8.01. The SMILES string of the molecule is Cl.O=C(Nc1ccc2nccnc2c1)C1(n2cccn2)CCNCC1. The van der Waals surface area contributed by atoms with E-state index in [-0.39, 0.29) is 18.3 Å². The van der Waals surface area contributed by atoms with Gasteiger partial charge in [-0.1, -0.05) is 0 Å². The van der Waals surface area contributed by atoms with Gasteiger partial charge in [0.15, 0.2) is 0 Å². The van der Waals surface area contributed by atoms with E-state index >= 15 is 0 Å². The van der Waals surface area contributed by atoms with Gasteiger partial charge in [-0.25, -0.2) is 0 Å². The summed E-state index contributed by atoms with van der Waals surface area (Å²) in [5.74, 6) is -0.0454. The Morgan fingerprint density at radius 2 is 1.88 bits per heavy atom. The number of nitrogens with zero attached hydrogens (tertiary/aromatic N) is 4. The van der Waals surface area contributed by atoms with Crippen LogP contribution in [0.25, 0.3) is 11.0 Å². The van der Waals surface area contributed by atoms with Gasteiger partial charge in [-0.05, 0) is 50.2 Å². The van der Waals surface area contributed by atoms with Crippen molar-refractivity contribution < 1.29 is 4.79 Å². The van der Waals surface area contributed by atoms with Crippen LogP contribution in [0.5, 0.6) is 0 Å². The number of hydrogen-bond donors (Lipinski definition) is 2. The summed E-state index contributed by atoms with van der Waals surface area (Å²) in [5, 5.41) is 10.7. The van der Waals surface area contributed by atoms with Gasteiger partial charge in [-0.15, -0.1) is 12.4 Å². The lowest BCUT2D eigenvalue weighted by atomic mass is 9.87. The van der Waals surface area contributed by atoms with E-state index in [1.165, 1.54) is 0 Å². The molecular formula is C17H19ClN6O. The second kappa shape index (κ2) is 7.16. The highest BCUT2D eigenvalue weighted by molar-refractivity contribution is 5.98. The fourth-order valence-electron chi connectivity index (χ4n) is 3.21. The number of hydrogen-bond acceptors (Lipinski definition) is 5. The molecule has 1 aromatic carbocycles. The molecule has 0 spiro atoms. The molecule has 2 N–H and O–H groups in total. The van der Waals surface area contributed by atoms with E-state index in [1.54, 1.807) is 23.3 Å². The second-order valence-electron chi connectivity index (χ2n) is 5.95. The summed E-state index contributed by atoms with van der Waals surface area (Å²) in [6.07, 6.45) is 8.27. The molecule has 1 amide bonds. The molecule has 1 fully saturated rings. The highest BCUT2D eigenvalue weighted by Crippen LogP contribution is 2.29. The molecular weight excluding hydrogens is 340 g/mol. The van der Waals surface area contributed by atoms with Crippen LogP contribution in [0.15, 0.2) is 49.1 Å². The van der Waals surface area contributed by atoms with Crippen molar-refractivity contribution in [2.75, 3.05) is 18.4 Å². The maximum Gasteiger partial charge on any atom is 0.252 e. The number of halogens is 1. The molecule has 4 rings (SSSR count). The number of rotatable bonds is 3. The van der Waals surface area contributed by atoms with Crippen LogP contribution < -0.4 is 10.6 Å².